The molecule has 2 aliphatic rings. The van der Waals surface area contributed by atoms with Crippen molar-refractivity contribution in [3.05, 3.63) is 59.7 Å². The molecular weight excluding hydrogens is 425 g/mol. The lowest BCUT2D eigenvalue weighted by molar-refractivity contribution is -0.137. The number of amides is 1. The summed E-state index contributed by atoms with van der Waals surface area (Å²) >= 11 is 1.57. The minimum absolute atomic E-state index is 0.0563. The Bertz CT molecular complexity index is 931. The first kappa shape index (κ1) is 22.0. The van der Waals surface area contributed by atoms with Crippen LogP contribution in [-0.2, 0) is 11.0 Å². The van der Waals surface area contributed by atoms with Crippen molar-refractivity contribution in [3.63, 3.8) is 0 Å². The van der Waals surface area contributed by atoms with E-state index in [0.717, 1.165) is 43.5 Å². The summed E-state index contributed by atoms with van der Waals surface area (Å²) in [5.74, 6) is 1.10. The molecule has 0 bridgehead atoms. The van der Waals surface area contributed by atoms with Crippen LogP contribution >= 0.6 is 11.8 Å². The van der Waals surface area contributed by atoms with Crippen molar-refractivity contribution in [2.45, 2.75) is 49.8 Å². The van der Waals surface area contributed by atoms with Gasteiger partial charge in [-0.1, -0.05) is 24.6 Å². The van der Waals surface area contributed by atoms with Gasteiger partial charge in [0.25, 0.3) is 0 Å². The summed E-state index contributed by atoms with van der Waals surface area (Å²) in [6.07, 6.45) is -1.07. The zero-order valence-electron chi connectivity index (χ0n) is 17.2. The van der Waals surface area contributed by atoms with Gasteiger partial charge in [0.05, 0.1) is 11.3 Å². The predicted octanol–water partition coefficient (Wildman–Crippen LogP) is 5.60. The number of nitrogens with zero attached hydrogens (tertiary/aromatic N) is 1. The monoisotopic (exact) mass is 450 g/mol. The van der Waals surface area contributed by atoms with Crippen LogP contribution in [0.25, 0.3) is 0 Å². The molecule has 2 heterocycles. The average Bonchev–Trinajstić information content (AvgIpc) is 3.15. The maximum Gasteiger partial charge on any atom is 0.416 e. The minimum Gasteiger partial charge on any atom is -0.457 e. The number of benzene rings is 2. The summed E-state index contributed by atoms with van der Waals surface area (Å²) in [5, 5.41) is 3.39. The van der Waals surface area contributed by atoms with E-state index in [-0.39, 0.29) is 29.1 Å². The Labute approximate surface area is 184 Å². The van der Waals surface area contributed by atoms with Crippen molar-refractivity contribution < 1.29 is 22.7 Å². The van der Waals surface area contributed by atoms with Gasteiger partial charge < -0.3 is 15.0 Å². The number of rotatable bonds is 5. The van der Waals surface area contributed by atoms with Crippen LogP contribution in [0, 0.1) is 0 Å². The van der Waals surface area contributed by atoms with Gasteiger partial charge in [0.15, 0.2) is 0 Å². The third-order valence-electron chi connectivity index (χ3n) is 5.82. The van der Waals surface area contributed by atoms with Crippen LogP contribution in [-0.4, -0.2) is 35.2 Å². The van der Waals surface area contributed by atoms with Gasteiger partial charge in [0, 0.05) is 12.1 Å². The largest absolute Gasteiger partial charge is 0.457 e. The Kier molecular flexibility index (Phi) is 6.48. The molecule has 2 aliphatic heterocycles. The molecule has 4 nitrogen and oxygen atoms in total. The summed E-state index contributed by atoms with van der Waals surface area (Å²) in [4.78, 5) is 14.6. The highest BCUT2D eigenvalue weighted by Gasteiger charge is 2.39. The van der Waals surface area contributed by atoms with Gasteiger partial charge in [-0.15, -0.1) is 11.8 Å². The molecule has 0 aromatic heterocycles. The fourth-order valence-corrected chi connectivity index (χ4v) is 5.48. The van der Waals surface area contributed by atoms with Crippen LogP contribution in [0.1, 0.15) is 42.7 Å². The van der Waals surface area contributed by atoms with Gasteiger partial charge in [-0.25, -0.2) is 0 Å². The maximum absolute atomic E-state index is 13.0. The molecule has 2 aromatic carbocycles. The lowest BCUT2D eigenvalue weighted by Gasteiger charge is -2.38. The molecule has 2 fully saturated rings. The number of carbonyl (C=O) groups excluding carboxylic acids is 1. The Morgan fingerprint density at radius 3 is 2.58 bits per heavy atom. The van der Waals surface area contributed by atoms with E-state index in [9.17, 15) is 18.0 Å². The fourth-order valence-electron chi connectivity index (χ4n) is 4.22. The van der Waals surface area contributed by atoms with Crippen LogP contribution in [0.3, 0.4) is 0 Å². The zero-order chi connectivity index (χ0) is 22.0. The molecule has 3 atom stereocenters. The standard InChI is InChI=1S/C23H25F3N2O2S/c1-15(20-10-2-3-11-27-20)28-21(29)14-31-22(28)16-6-4-8-18(12-16)30-19-9-5-7-17(13-19)23(24,25)26/h4-9,12-13,15,20,22,27H,2-3,10-11,14H2,1H3. The summed E-state index contributed by atoms with van der Waals surface area (Å²) in [6.45, 7) is 3.05. The Morgan fingerprint density at radius 1 is 1.13 bits per heavy atom. The molecule has 2 saturated heterocycles. The first-order valence-corrected chi connectivity index (χ1v) is 11.5. The molecule has 31 heavy (non-hydrogen) atoms. The third kappa shape index (κ3) is 5.01. The molecule has 0 saturated carbocycles. The Morgan fingerprint density at radius 2 is 1.87 bits per heavy atom. The van der Waals surface area contributed by atoms with E-state index in [1.807, 2.05) is 23.1 Å². The van der Waals surface area contributed by atoms with E-state index in [1.54, 1.807) is 17.8 Å². The van der Waals surface area contributed by atoms with E-state index < -0.39 is 11.7 Å². The number of hydrogen-bond acceptors (Lipinski definition) is 4. The van der Waals surface area contributed by atoms with Crippen molar-refractivity contribution >= 4 is 17.7 Å². The highest BCUT2D eigenvalue weighted by Crippen LogP contribution is 2.42. The first-order chi connectivity index (χ1) is 14.8. The molecule has 0 aliphatic carbocycles. The van der Waals surface area contributed by atoms with Crippen molar-refractivity contribution in [1.82, 2.24) is 10.2 Å². The van der Waals surface area contributed by atoms with E-state index in [0.29, 0.717) is 11.5 Å². The number of piperidine rings is 1. The number of thioether (sulfide) groups is 1. The van der Waals surface area contributed by atoms with E-state index in [2.05, 4.69) is 12.2 Å². The Hall–Kier alpha value is -2.19. The molecule has 0 radical (unpaired) electrons. The number of alkyl halides is 3. The van der Waals surface area contributed by atoms with Crippen LogP contribution in [0.4, 0.5) is 13.2 Å². The summed E-state index contributed by atoms with van der Waals surface area (Å²) < 4.78 is 44.7. The van der Waals surface area contributed by atoms with E-state index in [1.165, 1.54) is 12.1 Å². The van der Waals surface area contributed by atoms with Crippen molar-refractivity contribution in [2.75, 3.05) is 12.3 Å². The number of hydrogen-bond donors (Lipinski definition) is 1. The highest BCUT2D eigenvalue weighted by molar-refractivity contribution is 8.00. The van der Waals surface area contributed by atoms with E-state index in [4.69, 9.17) is 4.74 Å². The second kappa shape index (κ2) is 9.12. The third-order valence-corrected chi connectivity index (χ3v) is 7.04. The molecule has 0 spiro atoms. The number of carbonyl (C=O) groups is 1. The lowest BCUT2D eigenvalue weighted by Crippen LogP contribution is -2.51. The lowest BCUT2D eigenvalue weighted by atomic mass is 9.97. The highest BCUT2D eigenvalue weighted by atomic mass is 32.2. The normalized spacial score (nSPS) is 23.1. The van der Waals surface area contributed by atoms with Crippen LogP contribution in [0.5, 0.6) is 11.5 Å². The molecule has 3 unspecified atom stereocenters. The second-order valence-electron chi connectivity index (χ2n) is 7.96. The second-order valence-corrected chi connectivity index (χ2v) is 9.03. The van der Waals surface area contributed by atoms with Crippen molar-refractivity contribution in [2.24, 2.45) is 0 Å². The average molecular weight is 451 g/mol. The van der Waals surface area contributed by atoms with Crippen LogP contribution in [0.2, 0.25) is 0 Å². The van der Waals surface area contributed by atoms with Crippen molar-refractivity contribution in [1.29, 1.82) is 0 Å². The van der Waals surface area contributed by atoms with Gasteiger partial charge in [-0.05, 0) is 62.2 Å². The quantitative estimate of drug-likeness (QED) is 0.644. The van der Waals surface area contributed by atoms with Gasteiger partial charge in [0.2, 0.25) is 5.91 Å². The zero-order valence-corrected chi connectivity index (χ0v) is 18.0. The van der Waals surface area contributed by atoms with Crippen LogP contribution in [0.15, 0.2) is 48.5 Å². The molecule has 1 N–H and O–H groups in total. The minimum atomic E-state index is -4.42. The summed E-state index contributed by atoms with van der Waals surface area (Å²) in [5.41, 5.74) is 0.154. The molecule has 8 heteroatoms. The number of ether oxygens (including phenoxy) is 1. The fraction of sp³-hybridized carbons (Fsp3) is 0.435. The topological polar surface area (TPSA) is 41.6 Å². The maximum atomic E-state index is 13.0. The van der Waals surface area contributed by atoms with Crippen LogP contribution < -0.4 is 10.1 Å². The van der Waals surface area contributed by atoms with Gasteiger partial charge in [0.1, 0.15) is 16.9 Å². The number of halogens is 3. The summed E-state index contributed by atoms with van der Waals surface area (Å²) in [7, 11) is 0. The molecular formula is C23H25F3N2O2S. The Balaban J connectivity index is 1.54. The predicted molar refractivity (Wildman–Crippen MR) is 115 cm³/mol. The summed E-state index contributed by atoms with van der Waals surface area (Å²) in [6, 6.07) is 12.4. The van der Waals surface area contributed by atoms with Gasteiger partial charge >= 0.3 is 6.18 Å². The molecule has 4 rings (SSSR count). The number of nitrogens with one attached hydrogen (secondary N) is 1. The SMILES string of the molecule is CC(C1CCCCN1)N1C(=O)CSC1c1cccc(Oc2cccc(C(F)(F)F)c2)c1. The molecule has 1 amide bonds. The molecule has 166 valence electrons. The van der Waals surface area contributed by atoms with Gasteiger partial charge in [-0.2, -0.15) is 13.2 Å². The molecule has 2 aromatic rings. The van der Waals surface area contributed by atoms with Gasteiger partial charge in [-0.3, -0.25) is 4.79 Å². The van der Waals surface area contributed by atoms with Crippen molar-refractivity contribution in [3.8, 4) is 11.5 Å². The van der Waals surface area contributed by atoms with E-state index >= 15 is 0 Å². The first-order valence-electron chi connectivity index (χ1n) is 10.4. The smallest absolute Gasteiger partial charge is 0.416 e.